The van der Waals surface area contributed by atoms with Gasteiger partial charge in [-0.1, -0.05) is 58.0 Å². The van der Waals surface area contributed by atoms with E-state index in [1.807, 2.05) is 29.2 Å². The van der Waals surface area contributed by atoms with Crippen molar-refractivity contribution in [2.75, 3.05) is 16.8 Å². The molecule has 0 bridgehead atoms. The van der Waals surface area contributed by atoms with Gasteiger partial charge in [0.25, 0.3) is 0 Å². The van der Waals surface area contributed by atoms with Crippen molar-refractivity contribution in [1.29, 1.82) is 0 Å². The van der Waals surface area contributed by atoms with Crippen LogP contribution in [0.25, 0.3) is 6.08 Å². The number of hydrogen-bond acceptors (Lipinski definition) is 2. The number of hydrogen-bond donors (Lipinski definition) is 1. The third kappa shape index (κ3) is 4.94. The third-order valence-corrected chi connectivity index (χ3v) is 5.33. The van der Waals surface area contributed by atoms with E-state index in [4.69, 9.17) is 0 Å². The molecule has 0 saturated carbocycles. The van der Waals surface area contributed by atoms with Gasteiger partial charge in [0.05, 0.1) is 0 Å². The van der Waals surface area contributed by atoms with E-state index in [-0.39, 0.29) is 11.8 Å². The molecule has 1 aliphatic heterocycles. The van der Waals surface area contributed by atoms with Crippen LogP contribution >= 0.6 is 0 Å². The fourth-order valence-electron chi connectivity index (χ4n) is 3.72. The summed E-state index contributed by atoms with van der Waals surface area (Å²) in [5.74, 6) is 0.693. The molecule has 0 aliphatic carbocycles. The quantitative estimate of drug-likeness (QED) is 0.642. The molecule has 0 spiro atoms. The van der Waals surface area contributed by atoms with Crippen LogP contribution in [-0.4, -0.2) is 18.4 Å². The minimum Gasteiger partial charge on any atom is -0.322 e. The second-order valence-corrected chi connectivity index (χ2v) is 8.18. The maximum absolute atomic E-state index is 12.6. The first-order valence-corrected chi connectivity index (χ1v) is 10.4. The third-order valence-electron chi connectivity index (χ3n) is 5.33. The molecule has 2 aromatic rings. The summed E-state index contributed by atoms with van der Waals surface area (Å²) in [5, 5.41) is 3.10. The lowest BCUT2D eigenvalue weighted by molar-refractivity contribution is -0.117. The molecule has 29 heavy (non-hydrogen) atoms. The Hall–Kier alpha value is -2.88. The molecule has 4 nitrogen and oxygen atoms in total. The first-order valence-electron chi connectivity index (χ1n) is 10.4. The topological polar surface area (TPSA) is 49.4 Å². The molecule has 0 atom stereocenters. The summed E-state index contributed by atoms with van der Waals surface area (Å²) in [6.07, 6.45) is 4.91. The number of para-hydroxylation sites is 1. The molecule has 152 valence electrons. The highest BCUT2D eigenvalue weighted by atomic mass is 16.2. The maximum atomic E-state index is 12.6. The number of amides is 2. The molecule has 2 aromatic carbocycles. The van der Waals surface area contributed by atoms with E-state index in [9.17, 15) is 9.59 Å². The Kier molecular flexibility index (Phi) is 6.53. The van der Waals surface area contributed by atoms with Gasteiger partial charge in [0.15, 0.2) is 0 Å². The van der Waals surface area contributed by atoms with Gasteiger partial charge in [-0.3, -0.25) is 9.59 Å². The van der Waals surface area contributed by atoms with Gasteiger partial charge in [-0.05, 0) is 53.2 Å². The predicted molar refractivity (Wildman–Crippen MR) is 120 cm³/mol. The maximum Gasteiger partial charge on any atom is 0.248 e. The van der Waals surface area contributed by atoms with Gasteiger partial charge in [0.2, 0.25) is 11.8 Å². The van der Waals surface area contributed by atoms with Gasteiger partial charge in [-0.2, -0.15) is 0 Å². The average molecular weight is 391 g/mol. The number of carbonyl (C=O) groups excluding carboxylic acids is 2. The normalized spacial score (nSPS) is 14.4. The summed E-state index contributed by atoms with van der Waals surface area (Å²) in [6, 6.07) is 14.0. The number of nitrogens with one attached hydrogen (secondary N) is 1. The van der Waals surface area contributed by atoms with Crippen molar-refractivity contribution < 1.29 is 9.59 Å². The highest BCUT2D eigenvalue weighted by molar-refractivity contribution is 6.03. The molecule has 1 heterocycles. The molecule has 4 heteroatoms. The zero-order valence-corrected chi connectivity index (χ0v) is 17.7. The molecule has 0 unspecified atom stereocenters. The molecule has 1 fully saturated rings. The molecule has 0 radical (unpaired) electrons. The summed E-state index contributed by atoms with van der Waals surface area (Å²) < 4.78 is 0. The first-order chi connectivity index (χ1) is 13.9. The molecular weight excluding hydrogens is 360 g/mol. The van der Waals surface area contributed by atoms with Gasteiger partial charge < -0.3 is 10.2 Å². The monoisotopic (exact) mass is 390 g/mol. The molecule has 1 aliphatic rings. The van der Waals surface area contributed by atoms with Crippen molar-refractivity contribution in [3.05, 3.63) is 65.2 Å². The zero-order valence-electron chi connectivity index (χ0n) is 17.7. The van der Waals surface area contributed by atoms with Crippen LogP contribution in [0, 0.1) is 0 Å². The van der Waals surface area contributed by atoms with E-state index >= 15 is 0 Å². The fraction of sp³-hybridized carbons (Fsp3) is 0.360. The summed E-state index contributed by atoms with van der Waals surface area (Å²) in [6.45, 7) is 9.33. The molecule has 2 amide bonds. The van der Waals surface area contributed by atoms with Crippen LogP contribution in [0.15, 0.2) is 48.5 Å². The molecule has 1 N–H and O–H groups in total. The van der Waals surface area contributed by atoms with Crippen LogP contribution in [0.1, 0.15) is 69.1 Å². The summed E-state index contributed by atoms with van der Waals surface area (Å²) in [7, 11) is 0. The Morgan fingerprint density at radius 2 is 1.62 bits per heavy atom. The van der Waals surface area contributed by atoms with Gasteiger partial charge in [-0.25, -0.2) is 0 Å². The van der Waals surface area contributed by atoms with Crippen molar-refractivity contribution in [2.24, 2.45) is 0 Å². The van der Waals surface area contributed by atoms with Crippen molar-refractivity contribution in [2.45, 2.75) is 52.4 Å². The number of anilines is 2. The SMILES string of the molecule is CC(C)c1cccc(C(C)C)c1NC(=O)/C=C/c1ccc(N2CCCC2=O)cc1. The highest BCUT2D eigenvalue weighted by Crippen LogP contribution is 2.32. The van der Waals surface area contributed by atoms with E-state index in [0.717, 1.165) is 41.0 Å². The predicted octanol–water partition coefficient (Wildman–Crippen LogP) is 5.71. The van der Waals surface area contributed by atoms with Gasteiger partial charge in [0.1, 0.15) is 0 Å². The molecule has 1 saturated heterocycles. The standard InChI is InChI=1S/C25H30N2O2/c1-17(2)21-7-5-8-22(18(3)4)25(21)26-23(28)15-12-19-10-13-20(14-11-19)27-16-6-9-24(27)29/h5,7-8,10-15,17-18H,6,9,16H2,1-4H3,(H,26,28)/b15-12+. The summed E-state index contributed by atoms with van der Waals surface area (Å²) >= 11 is 0. The Labute approximate surface area is 173 Å². The van der Waals surface area contributed by atoms with Crippen LogP contribution in [0.5, 0.6) is 0 Å². The first kappa shape index (κ1) is 20.8. The van der Waals surface area contributed by atoms with Crippen molar-refractivity contribution >= 4 is 29.3 Å². The van der Waals surface area contributed by atoms with Crippen LogP contribution < -0.4 is 10.2 Å². The van der Waals surface area contributed by atoms with Gasteiger partial charge in [-0.15, -0.1) is 0 Å². The van der Waals surface area contributed by atoms with Crippen molar-refractivity contribution in [1.82, 2.24) is 0 Å². The van der Waals surface area contributed by atoms with E-state index in [1.165, 1.54) is 0 Å². The van der Waals surface area contributed by atoms with Crippen LogP contribution in [-0.2, 0) is 9.59 Å². The van der Waals surface area contributed by atoms with Crippen LogP contribution in [0.4, 0.5) is 11.4 Å². The second-order valence-electron chi connectivity index (χ2n) is 8.18. The Morgan fingerprint density at radius 1 is 1.00 bits per heavy atom. The Balaban J connectivity index is 1.73. The smallest absolute Gasteiger partial charge is 0.248 e. The summed E-state index contributed by atoms with van der Waals surface area (Å²) in [5.41, 5.74) is 5.07. The van der Waals surface area contributed by atoms with Crippen molar-refractivity contribution in [3.63, 3.8) is 0 Å². The highest BCUT2D eigenvalue weighted by Gasteiger charge is 2.21. The lowest BCUT2D eigenvalue weighted by Gasteiger charge is -2.19. The number of nitrogens with zero attached hydrogens (tertiary/aromatic N) is 1. The summed E-state index contributed by atoms with van der Waals surface area (Å²) in [4.78, 5) is 26.3. The number of rotatable bonds is 6. The lowest BCUT2D eigenvalue weighted by Crippen LogP contribution is -2.23. The van der Waals surface area contributed by atoms with Gasteiger partial charge in [0, 0.05) is 30.4 Å². The van der Waals surface area contributed by atoms with E-state index in [1.54, 1.807) is 12.2 Å². The van der Waals surface area contributed by atoms with E-state index in [2.05, 4.69) is 51.2 Å². The van der Waals surface area contributed by atoms with E-state index < -0.39 is 0 Å². The minimum absolute atomic E-state index is 0.140. The second kappa shape index (κ2) is 9.08. The largest absolute Gasteiger partial charge is 0.322 e. The average Bonchev–Trinajstić information content (AvgIpc) is 3.12. The van der Waals surface area contributed by atoms with Gasteiger partial charge >= 0.3 is 0 Å². The van der Waals surface area contributed by atoms with E-state index in [0.29, 0.717) is 18.3 Å². The lowest BCUT2D eigenvalue weighted by atomic mass is 9.92. The van der Waals surface area contributed by atoms with Crippen LogP contribution in [0.2, 0.25) is 0 Å². The Bertz CT molecular complexity index is 885. The minimum atomic E-state index is -0.140. The van der Waals surface area contributed by atoms with Crippen molar-refractivity contribution in [3.8, 4) is 0 Å². The fourth-order valence-corrected chi connectivity index (χ4v) is 3.72. The molecule has 3 rings (SSSR count). The zero-order chi connectivity index (χ0) is 21.0. The molecular formula is C25H30N2O2. The molecule has 0 aromatic heterocycles. The number of carbonyl (C=O) groups is 2. The Morgan fingerprint density at radius 3 is 2.14 bits per heavy atom. The number of benzene rings is 2. The van der Waals surface area contributed by atoms with Crippen LogP contribution in [0.3, 0.4) is 0 Å².